The Hall–Kier alpha value is -2.00. The molecule has 0 saturated carbocycles. The van der Waals surface area contributed by atoms with Crippen LogP contribution in [0.5, 0.6) is 0 Å². The smallest absolute Gasteiger partial charge is 0.226 e. The molecule has 0 aliphatic carbocycles. The van der Waals surface area contributed by atoms with Gasteiger partial charge < -0.3 is 10.6 Å². The Morgan fingerprint density at radius 1 is 1.29 bits per heavy atom. The second-order valence-electron chi connectivity index (χ2n) is 6.64. The molecule has 2 N–H and O–H groups in total. The van der Waals surface area contributed by atoms with Gasteiger partial charge in [0.2, 0.25) is 11.8 Å². The van der Waals surface area contributed by atoms with Gasteiger partial charge in [0.1, 0.15) is 0 Å². The second-order valence-corrected chi connectivity index (χ2v) is 7.70. The topological polar surface area (TPSA) is 82.0 Å². The summed E-state index contributed by atoms with van der Waals surface area (Å²) >= 11 is 1.55. The average molecular weight is 347 g/mol. The van der Waals surface area contributed by atoms with Gasteiger partial charge in [0.15, 0.2) is 0 Å². The first kappa shape index (κ1) is 20.0. The van der Waals surface area contributed by atoms with Crippen LogP contribution in [0.1, 0.15) is 34.1 Å². The van der Waals surface area contributed by atoms with Gasteiger partial charge in [0, 0.05) is 29.0 Å². The number of nitriles is 1. The number of carbonyl (C=O) groups is 2. The first-order valence-corrected chi connectivity index (χ1v) is 8.92. The molecular weight excluding hydrogens is 322 g/mol. The van der Waals surface area contributed by atoms with Crippen LogP contribution in [0.25, 0.3) is 0 Å². The van der Waals surface area contributed by atoms with E-state index in [2.05, 4.69) is 16.7 Å². The van der Waals surface area contributed by atoms with Crippen molar-refractivity contribution in [1.29, 1.82) is 5.26 Å². The zero-order valence-corrected chi connectivity index (χ0v) is 15.5. The van der Waals surface area contributed by atoms with Gasteiger partial charge in [0.05, 0.1) is 17.7 Å². The van der Waals surface area contributed by atoms with Crippen molar-refractivity contribution in [3.8, 4) is 6.07 Å². The maximum atomic E-state index is 12.1. The predicted molar refractivity (Wildman–Crippen MR) is 97.7 cm³/mol. The number of hydrogen-bond donors (Lipinski definition) is 2. The SMILES string of the molecule is CC(C#N)CSc1ccccc1NC(=O)CCNC(=O)C(C)(C)C. The summed E-state index contributed by atoms with van der Waals surface area (Å²) in [6.45, 7) is 7.67. The molecule has 0 aliphatic heterocycles. The molecule has 6 heteroatoms. The van der Waals surface area contributed by atoms with Gasteiger partial charge in [-0.05, 0) is 19.1 Å². The Bertz CT molecular complexity index is 617. The third kappa shape index (κ3) is 7.05. The van der Waals surface area contributed by atoms with E-state index < -0.39 is 5.41 Å². The van der Waals surface area contributed by atoms with Crippen LogP contribution in [-0.2, 0) is 9.59 Å². The van der Waals surface area contributed by atoms with Gasteiger partial charge in [-0.3, -0.25) is 9.59 Å². The van der Waals surface area contributed by atoms with Crippen LogP contribution in [-0.4, -0.2) is 24.1 Å². The van der Waals surface area contributed by atoms with Gasteiger partial charge in [-0.25, -0.2) is 0 Å². The van der Waals surface area contributed by atoms with Crippen molar-refractivity contribution in [1.82, 2.24) is 5.32 Å². The highest BCUT2D eigenvalue weighted by molar-refractivity contribution is 7.99. The van der Waals surface area contributed by atoms with E-state index in [4.69, 9.17) is 5.26 Å². The van der Waals surface area contributed by atoms with Crippen molar-refractivity contribution in [2.75, 3.05) is 17.6 Å². The number of nitrogens with zero attached hydrogens (tertiary/aromatic N) is 1. The Morgan fingerprint density at radius 2 is 1.96 bits per heavy atom. The van der Waals surface area contributed by atoms with Crippen LogP contribution in [0, 0.1) is 22.7 Å². The molecule has 130 valence electrons. The van der Waals surface area contributed by atoms with Crippen molar-refractivity contribution in [3.63, 3.8) is 0 Å². The first-order chi connectivity index (χ1) is 11.2. The molecule has 5 nitrogen and oxygen atoms in total. The second kappa shape index (κ2) is 9.33. The van der Waals surface area contributed by atoms with Crippen molar-refractivity contribution in [3.05, 3.63) is 24.3 Å². The molecule has 0 spiro atoms. The maximum Gasteiger partial charge on any atom is 0.226 e. The number of carbonyl (C=O) groups excluding carboxylic acids is 2. The van der Waals surface area contributed by atoms with Crippen molar-refractivity contribution < 1.29 is 9.59 Å². The standard InChI is InChI=1S/C18H25N3O2S/c1-13(11-19)12-24-15-8-6-5-7-14(15)21-16(22)9-10-20-17(23)18(2,3)4/h5-8,13H,9-10,12H2,1-4H3,(H,20,23)(H,21,22). The molecule has 1 unspecified atom stereocenters. The summed E-state index contributed by atoms with van der Waals surface area (Å²) in [6.07, 6.45) is 0.218. The van der Waals surface area contributed by atoms with Crippen molar-refractivity contribution >= 4 is 29.3 Å². The first-order valence-electron chi connectivity index (χ1n) is 7.93. The summed E-state index contributed by atoms with van der Waals surface area (Å²) < 4.78 is 0. The third-order valence-electron chi connectivity index (χ3n) is 3.19. The molecule has 0 fully saturated rings. The molecule has 24 heavy (non-hydrogen) atoms. The van der Waals surface area contributed by atoms with Gasteiger partial charge in [0.25, 0.3) is 0 Å². The number of para-hydroxylation sites is 1. The zero-order chi connectivity index (χ0) is 18.2. The maximum absolute atomic E-state index is 12.1. The molecule has 0 radical (unpaired) electrons. The average Bonchev–Trinajstić information content (AvgIpc) is 2.52. The Morgan fingerprint density at radius 3 is 2.58 bits per heavy atom. The molecular formula is C18H25N3O2S. The number of nitrogens with one attached hydrogen (secondary N) is 2. The quantitative estimate of drug-likeness (QED) is 0.740. The number of benzene rings is 1. The molecule has 0 aliphatic rings. The molecule has 0 saturated heterocycles. The minimum Gasteiger partial charge on any atom is -0.355 e. The molecule has 1 aromatic carbocycles. The molecule has 1 rings (SSSR count). The number of thioether (sulfide) groups is 1. The van der Waals surface area contributed by atoms with Crippen LogP contribution in [0.3, 0.4) is 0 Å². The largest absolute Gasteiger partial charge is 0.355 e. The number of anilines is 1. The van der Waals surface area contributed by atoms with E-state index in [1.165, 1.54) is 0 Å². The van der Waals surface area contributed by atoms with Crippen molar-refractivity contribution in [2.45, 2.75) is 39.0 Å². The van der Waals surface area contributed by atoms with Gasteiger partial charge in [-0.15, -0.1) is 11.8 Å². The molecule has 0 heterocycles. The minimum atomic E-state index is -0.461. The molecule has 0 aromatic heterocycles. The molecule has 0 bridgehead atoms. The molecule has 2 amide bonds. The van der Waals surface area contributed by atoms with E-state index in [9.17, 15) is 9.59 Å². The highest BCUT2D eigenvalue weighted by Gasteiger charge is 2.20. The lowest BCUT2D eigenvalue weighted by atomic mass is 9.96. The fourth-order valence-corrected chi connectivity index (χ4v) is 2.67. The highest BCUT2D eigenvalue weighted by atomic mass is 32.2. The Balaban J connectivity index is 2.52. The summed E-state index contributed by atoms with van der Waals surface area (Å²) in [5.74, 6) is 0.402. The summed E-state index contributed by atoms with van der Waals surface area (Å²) in [7, 11) is 0. The van der Waals surface area contributed by atoms with Crippen LogP contribution in [0.2, 0.25) is 0 Å². The van der Waals surface area contributed by atoms with Gasteiger partial charge in [-0.2, -0.15) is 5.26 Å². The van der Waals surface area contributed by atoms with E-state index >= 15 is 0 Å². The number of hydrogen-bond acceptors (Lipinski definition) is 4. The van der Waals surface area contributed by atoms with Gasteiger partial charge in [-0.1, -0.05) is 32.9 Å². The number of amides is 2. The summed E-state index contributed by atoms with van der Waals surface area (Å²) in [4.78, 5) is 24.8. The summed E-state index contributed by atoms with van der Waals surface area (Å²) in [6, 6.07) is 9.72. The van der Waals surface area contributed by atoms with Crippen LogP contribution >= 0.6 is 11.8 Å². The van der Waals surface area contributed by atoms with Crippen LogP contribution < -0.4 is 10.6 Å². The van der Waals surface area contributed by atoms with Gasteiger partial charge >= 0.3 is 0 Å². The Kier molecular flexibility index (Phi) is 7.80. The van der Waals surface area contributed by atoms with Crippen molar-refractivity contribution in [2.24, 2.45) is 11.3 Å². The Labute approximate surface area is 148 Å². The zero-order valence-electron chi connectivity index (χ0n) is 14.7. The normalized spacial score (nSPS) is 12.1. The molecule has 1 atom stereocenters. The van der Waals surface area contributed by atoms with Crippen LogP contribution in [0.4, 0.5) is 5.69 Å². The van der Waals surface area contributed by atoms with E-state index in [-0.39, 0.29) is 24.2 Å². The monoisotopic (exact) mass is 347 g/mol. The highest BCUT2D eigenvalue weighted by Crippen LogP contribution is 2.28. The van der Waals surface area contributed by atoms with Crippen LogP contribution in [0.15, 0.2) is 29.2 Å². The van der Waals surface area contributed by atoms with E-state index in [1.807, 2.05) is 52.0 Å². The van der Waals surface area contributed by atoms with E-state index in [1.54, 1.807) is 11.8 Å². The predicted octanol–water partition coefficient (Wildman–Crippen LogP) is 3.43. The summed E-state index contributed by atoms with van der Waals surface area (Å²) in [5, 5.41) is 14.5. The summed E-state index contributed by atoms with van der Waals surface area (Å²) in [5.41, 5.74) is 0.275. The lowest BCUT2D eigenvalue weighted by Gasteiger charge is -2.17. The fraction of sp³-hybridized carbons (Fsp3) is 0.500. The fourth-order valence-electron chi connectivity index (χ4n) is 1.72. The lowest BCUT2D eigenvalue weighted by molar-refractivity contribution is -0.128. The lowest BCUT2D eigenvalue weighted by Crippen LogP contribution is -2.36. The van der Waals surface area contributed by atoms with E-state index in [0.29, 0.717) is 12.3 Å². The molecule has 1 aromatic rings. The minimum absolute atomic E-state index is 0.0497. The number of rotatable bonds is 7. The van der Waals surface area contributed by atoms with E-state index in [0.717, 1.165) is 10.6 Å². The third-order valence-corrected chi connectivity index (χ3v) is 4.52.